The maximum Gasteiger partial charge on any atom is 0.123 e. The molecule has 2 N–H and O–H groups in total. The van der Waals surface area contributed by atoms with Crippen molar-refractivity contribution in [3.05, 3.63) is 53.9 Å². The molecule has 0 unspecified atom stereocenters. The van der Waals surface area contributed by atoms with E-state index in [9.17, 15) is 4.39 Å². The fourth-order valence-electron chi connectivity index (χ4n) is 1.49. The Morgan fingerprint density at radius 1 is 1.25 bits per heavy atom. The van der Waals surface area contributed by atoms with Crippen LogP contribution in [-0.2, 0) is 13.0 Å². The number of nitrogens with zero attached hydrogens (tertiary/aromatic N) is 1. The van der Waals surface area contributed by atoms with Gasteiger partial charge in [-0.1, -0.05) is 12.1 Å². The predicted octanol–water partition coefficient (Wildman–Crippen LogP) is 1.88. The number of aromatic nitrogens is 2. The highest BCUT2D eigenvalue weighted by molar-refractivity contribution is 5.16. The van der Waals surface area contributed by atoms with E-state index in [1.807, 2.05) is 12.1 Å². The van der Waals surface area contributed by atoms with Crippen LogP contribution in [-0.4, -0.2) is 16.5 Å². The van der Waals surface area contributed by atoms with Crippen molar-refractivity contribution in [1.82, 2.24) is 15.3 Å². The summed E-state index contributed by atoms with van der Waals surface area (Å²) in [6.45, 7) is 1.64. The Kier molecular flexibility index (Phi) is 3.66. The van der Waals surface area contributed by atoms with E-state index in [2.05, 4.69) is 15.3 Å². The molecule has 3 nitrogen and oxygen atoms in total. The van der Waals surface area contributed by atoms with Gasteiger partial charge >= 0.3 is 0 Å². The molecule has 0 aliphatic heterocycles. The molecule has 0 radical (unpaired) electrons. The number of aromatic amines is 1. The summed E-state index contributed by atoms with van der Waals surface area (Å²) >= 11 is 0. The Hall–Kier alpha value is -1.68. The highest BCUT2D eigenvalue weighted by atomic mass is 19.1. The summed E-state index contributed by atoms with van der Waals surface area (Å²) in [5, 5.41) is 3.29. The molecule has 0 saturated carbocycles. The molecule has 0 fully saturated rings. The predicted molar refractivity (Wildman–Crippen MR) is 60.4 cm³/mol. The van der Waals surface area contributed by atoms with Gasteiger partial charge in [0.25, 0.3) is 0 Å². The quantitative estimate of drug-likeness (QED) is 0.754. The van der Waals surface area contributed by atoms with Crippen LogP contribution in [0.15, 0.2) is 36.8 Å². The van der Waals surface area contributed by atoms with Gasteiger partial charge in [-0.2, -0.15) is 0 Å². The van der Waals surface area contributed by atoms with Crippen LogP contribution in [0.5, 0.6) is 0 Å². The van der Waals surface area contributed by atoms with Gasteiger partial charge in [0.05, 0.1) is 6.33 Å². The van der Waals surface area contributed by atoms with Gasteiger partial charge in [0.15, 0.2) is 0 Å². The lowest BCUT2D eigenvalue weighted by atomic mass is 10.1. The van der Waals surface area contributed by atoms with Crippen LogP contribution >= 0.6 is 0 Å². The molecule has 2 rings (SSSR count). The normalized spacial score (nSPS) is 10.6. The third-order valence-corrected chi connectivity index (χ3v) is 2.37. The monoisotopic (exact) mass is 219 g/mol. The Bertz CT molecular complexity index is 408. The van der Waals surface area contributed by atoms with Crippen molar-refractivity contribution < 1.29 is 4.39 Å². The van der Waals surface area contributed by atoms with Gasteiger partial charge in [-0.15, -0.1) is 0 Å². The second-order valence-corrected chi connectivity index (χ2v) is 3.63. The van der Waals surface area contributed by atoms with Crippen LogP contribution in [0.25, 0.3) is 0 Å². The van der Waals surface area contributed by atoms with E-state index in [1.165, 1.54) is 12.1 Å². The first kappa shape index (κ1) is 10.8. The molecule has 0 spiro atoms. The molecule has 4 heteroatoms. The molecule has 0 bridgehead atoms. The Labute approximate surface area is 93.7 Å². The minimum absolute atomic E-state index is 0.186. The molecule has 0 atom stereocenters. The Morgan fingerprint density at radius 2 is 2.06 bits per heavy atom. The molecule has 0 aliphatic rings. The van der Waals surface area contributed by atoms with E-state index >= 15 is 0 Å². The van der Waals surface area contributed by atoms with Crippen molar-refractivity contribution in [1.29, 1.82) is 0 Å². The SMILES string of the molecule is Fc1ccc(CCNCc2cnc[nH]2)cc1. The average molecular weight is 219 g/mol. The van der Waals surface area contributed by atoms with Crippen LogP contribution in [0.1, 0.15) is 11.3 Å². The number of H-pyrrole nitrogens is 1. The lowest BCUT2D eigenvalue weighted by Crippen LogP contribution is -2.16. The number of hydrogen-bond donors (Lipinski definition) is 2. The molecule has 1 heterocycles. The molecule has 1 aromatic carbocycles. The smallest absolute Gasteiger partial charge is 0.123 e. The van der Waals surface area contributed by atoms with Crippen molar-refractivity contribution in [3.63, 3.8) is 0 Å². The first-order chi connectivity index (χ1) is 7.84. The summed E-state index contributed by atoms with van der Waals surface area (Å²) in [6.07, 6.45) is 4.36. The van der Waals surface area contributed by atoms with E-state index < -0.39 is 0 Å². The van der Waals surface area contributed by atoms with Crippen molar-refractivity contribution >= 4 is 0 Å². The minimum atomic E-state index is -0.186. The maximum atomic E-state index is 12.6. The lowest BCUT2D eigenvalue weighted by Gasteiger charge is -2.03. The number of halogens is 1. The molecule has 1 aromatic heterocycles. The lowest BCUT2D eigenvalue weighted by molar-refractivity contribution is 0.625. The third-order valence-electron chi connectivity index (χ3n) is 2.37. The molecular formula is C12H14FN3. The summed E-state index contributed by atoms with van der Waals surface area (Å²) in [7, 11) is 0. The molecule has 0 aliphatic carbocycles. The van der Waals surface area contributed by atoms with E-state index in [0.29, 0.717) is 0 Å². The molecule has 84 valence electrons. The molecule has 0 amide bonds. The summed E-state index contributed by atoms with van der Waals surface area (Å²) in [4.78, 5) is 6.95. The Balaban J connectivity index is 1.70. The minimum Gasteiger partial charge on any atom is -0.347 e. The van der Waals surface area contributed by atoms with Crippen molar-refractivity contribution in [2.45, 2.75) is 13.0 Å². The van der Waals surface area contributed by atoms with E-state index in [1.54, 1.807) is 12.5 Å². The van der Waals surface area contributed by atoms with Crippen LogP contribution in [0.2, 0.25) is 0 Å². The van der Waals surface area contributed by atoms with Gasteiger partial charge in [0.1, 0.15) is 5.82 Å². The van der Waals surface area contributed by atoms with Gasteiger partial charge in [-0.05, 0) is 30.7 Å². The molecule has 0 saturated heterocycles. The largest absolute Gasteiger partial charge is 0.347 e. The average Bonchev–Trinajstić information content (AvgIpc) is 2.80. The fourth-order valence-corrected chi connectivity index (χ4v) is 1.49. The maximum absolute atomic E-state index is 12.6. The summed E-state index contributed by atoms with van der Waals surface area (Å²) < 4.78 is 12.6. The van der Waals surface area contributed by atoms with Crippen LogP contribution in [0.4, 0.5) is 4.39 Å². The zero-order valence-corrected chi connectivity index (χ0v) is 8.91. The van der Waals surface area contributed by atoms with Gasteiger partial charge < -0.3 is 10.3 Å². The van der Waals surface area contributed by atoms with E-state index in [0.717, 1.165) is 30.8 Å². The number of hydrogen-bond acceptors (Lipinski definition) is 2. The standard InChI is InChI=1S/C12H14FN3/c13-11-3-1-10(2-4-11)5-6-14-7-12-8-15-9-16-12/h1-4,8-9,14H,5-7H2,(H,15,16). The van der Waals surface area contributed by atoms with E-state index in [4.69, 9.17) is 0 Å². The van der Waals surface area contributed by atoms with Crippen molar-refractivity contribution in [2.75, 3.05) is 6.54 Å². The van der Waals surface area contributed by atoms with Gasteiger partial charge in [0, 0.05) is 18.4 Å². The van der Waals surface area contributed by atoms with E-state index in [-0.39, 0.29) is 5.82 Å². The summed E-state index contributed by atoms with van der Waals surface area (Å²) in [5.74, 6) is -0.186. The topological polar surface area (TPSA) is 40.7 Å². The number of imidazole rings is 1. The number of rotatable bonds is 5. The van der Waals surface area contributed by atoms with Gasteiger partial charge in [-0.3, -0.25) is 0 Å². The third kappa shape index (κ3) is 3.17. The highest BCUT2D eigenvalue weighted by Gasteiger charge is 1.95. The Morgan fingerprint density at radius 3 is 2.75 bits per heavy atom. The highest BCUT2D eigenvalue weighted by Crippen LogP contribution is 2.02. The fraction of sp³-hybridized carbons (Fsp3) is 0.250. The van der Waals surface area contributed by atoms with Crippen LogP contribution in [0.3, 0.4) is 0 Å². The number of nitrogens with one attached hydrogen (secondary N) is 2. The summed E-state index contributed by atoms with van der Waals surface area (Å²) in [6, 6.07) is 6.61. The molecule has 16 heavy (non-hydrogen) atoms. The van der Waals surface area contributed by atoms with Gasteiger partial charge in [0.2, 0.25) is 0 Å². The van der Waals surface area contributed by atoms with Crippen molar-refractivity contribution in [3.8, 4) is 0 Å². The zero-order chi connectivity index (χ0) is 11.2. The molecule has 2 aromatic rings. The second-order valence-electron chi connectivity index (χ2n) is 3.63. The van der Waals surface area contributed by atoms with Crippen molar-refractivity contribution in [2.24, 2.45) is 0 Å². The second kappa shape index (κ2) is 5.42. The summed E-state index contributed by atoms with van der Waals surface area (Å²) in [5.41, 5.74) is 2.21. The van der Waals surface area contributed by atoms with Crippen LogP contribution < -0.4 is 5.32 Å². The zero-order valence-electron chi connectivity index (χ0n) is 8.91. The molecular weight excluding hydrogens is 205 g/mol. The first-order valence-corrected chi connectivity index (χ1v) is 5.27. The first-order valence-electron chi connectivity index (χ1n) is 5.27. The van der Waals surface area contributed by atoms with Gasteiger partial charge in [-0.25, -0.2) is 9.37 Å². The van der Waals surface area contributed by atoms with Crippen LogP contribution in [0, 0.1) is 5.82 Å². The number of benzene rings is 1.